The monoisotopic (exact) mass is 544 g/mol. The van der Waals surface area contributed by atoms with Crippen molar-refractivity contribution in [3.8, 4) is 107 Å². The SMILES string of the molecule is CC#CC#CC#CC#CC#CC#CC#CC#CC#COOCC(=O)CCCCCCCCCCCCCCCCC. The molecule has 3 heteroatoms. The smallest absolute Gasteiger partial charge is 0.171 e. The van der Waals surface area contributed by atoms with E-state index in [2.05, 4.69) is 119 Å². The molecule has 0 saturated carbocycles. The van der Waals surface area contributed by atoms with Gasteiger partial charge in [0.1, 0.15) is 0 Å². The van der Waals surface area contributed by atoms with E-state index in [0.717, 1.165) is 12.8 Å². The highest BCUT2D eigenvalue weighted by molar-refractivity contribution is 5.79. The Bertz CT molecular complexity index is 1310. The number of hydrogen-bond acceptors (Lipinski definition) is 3. The Labute approximate surface area is 250 Å². The number of carbonyl (C=O) groups excluding carboxylic acids is 1. The number of Topliss-reactive ketones (excluding diaryl/α,β-unsaturated/α-hetero) is 1. The molecule has 0 rings (SSSR count). The molecule has 0 aliphatic heterocycles. The van der Waals surface area contributed by atoms with Gasteiger partial charge in [-0.1, -0.05) is 103 Å². The second kappa shape index (κ2) is 33.5. The highest BCUT2D eigenvalue weighted by atomic mass is 17.2. The summed E-state index contributed by atoms with van der Waals surface area (Å²) >= 11 is 0. The fraction of sp³-hybridized carbons (Fsp3) is 0.500. The van der Waals surface area contributed by atoms with Crippen LogP contribution in [0.3, 0.4) is 0 Å². The number of carbonyl (C=O) groups is 1. The zero-order valence-electron chi connectivity index (χ0n) is 24.7. The minimum absolute atomic E-state index is 0.00562. The van der Waals surface area contributed by atoms with Gasteiger partial charge < -0.3 is 0 Å². The van der Waals surface area contributed by atoms with Crippen LogP contribution in [-0.4, -0.2) is 12.4 Å². The van der Waals surface area contributed by atoms with Gasteiger partial charge in [0.05, 0.1) is 0 Å². The van der Waals surface area contributed by atoms with Crippen molar-refractivity contribution in [2.24, 2.45) is 0 Å². The topological polar surface area (TPSA) is 35.5 Å². The van der Waals surface area contributed by atoms with Gasteiger partial charge in [-0.25, -0.2) is 0 Å². The molecule has 0 amide bonds. The molecule has 0 saturated heterocycles. The van der Waals surface area contributed by atoms with Crippen LogP contribution in [0, 0.1) is 107 Å². The summed E-state index contributed by atoms with van der Waals surface area (Å²) in [5.41, 5.74) is 0. The Hall–Kier alpha value is -4.53. The van der Waals surface area contributed by atoms with Gasteiger partial charge >= 0.3 is 0 Å². The maximum Gasteiger partial charge on any atom is 0.171 e. The summed E-state index contributed by atoms with van der Waals surface area (Å²) in [6.45, 7) is 3.85. The van der Waals surface area contributed by atoms with Crippen molar-refractivity contribution in [2.45, 2.75) is 117 Å². The molecule has 41 heavy (non-hydrogen) atoms. The molecule has 0 heterocycles. The first kappa shape index (κ1) is 36.5. The van der Waals surface area contributed by atoms with E-state index in [-0.39, 0.29) is 12.4 Å². The molecule has 0 spiro atoms. The lowest BCUT2D eigenvalue weighted by Crippen LogP contribution is -2.07. The van der Waals surface area contributed by atoms with E-state index in [1.165, 1.54) is 83.5 Å². The molecule has 0 bridgehead atoms. The Balaban J connectivity index is 3.70. The van der Waals surface area contributed by atoms with Gasteiger partial charge in [-0.15, -0.1) is 0 Å². The van der Waals surface area contributed by atoms with Crippen molar-refractivity contribution in [3.63, 3.8) is 0 Å². The number of ketones is 1. The molecule has 0 aromatic rings. The van der Waals surface area contributed by atoms with E-state index in [1.807, 2.05) is 0 Å². The predicted octanol–water partition coefficient (Wildman–Crippen LogP) is 6.77. The average Bonchev–Trinajstić information content (AvgIpc) is 2.98. The van der Waals surface area contributed by atoms with Crippen LogP contribution in [0.1, 0.15) is 117 Å². The van der Waals surface area contributed by atoms with Crippen LogP contribution in [0.15, 0.2) is 0 Å². The summed E-state index contributed by atoms with van der Waals surface area (Å²) < 4.78 is 0. The first-order valence-corrected chi connectivity index (χ1v) is 14.5. The summed E-state index contributed by atoms with van der Waals surface area (Å²) in [5, 5.41) is 0. The molecular weight excluding hydrogens is 504 g/mol. The lowest BCUT2D eigenvalue weighted by atomic mass is 10.0. The third-order valence-electron chi connectivity index (χ3n) is 5.49. The summed E-state index contributed by atoms with van der Waals surface area (Å²) in [6, 6.07) is 0. The van der Waals surface area contributed by atoms with Crippen LogP contribution in [-0.2, 0) is 14.6 Å². The Morgan fingerprint density at radius 1 is 0.463 bits per heavy atom. The van der Waals surface area contributed by atoms with Crippen LogP contribution in [0.5, 0.6) is 0 Å². The van der Waals surface area contributed by atoms with Gasteiger partial charge in [0, 0.05) is 53.8 Å². The highest BCUT2D eigenvalue weighted by Gasteiger charge is 2.02. The molecule has 0 N–H and O–H groups in total. The van der Waals surface area contributed by atoms with Crippen LogP contribution in [0.4, 0.5) is 0 Å². The van der Waals surface area contributed by atoms with Gasteiger partial charge in [-0.3, -0.25) is 9.68 Å². The van der Waals surface area contributed by atoms with Crippen LogP contribution < -0.4 is 0 Å². The maximum absolute atomic E-state index is 11.8. The van der Waals surface area contributed by atoms with Gasteiger partial charge in [-0.05, 0) is 60.7 Å². The van der Waals surface area contributed by atoms with E-state index in [4.69, 9.17) is 4.89 Å². The van der Waals surface area contributed by atoms with E-state index in [9.17, 15) is 4.79 Å². The summed E-state index contributed by atoms with van der Waals surface area (Å²) in [6.07, 6.45) is 22.3. The van der Waals surface area contributed by atoms with Crippen LogP contribution in [0.25, 0.3) is 0 Å². The van der Waals surface area contributed by atoms with E-state index >= 15 is 0 Å². The summed E-state index contributed by atoms with van der Waals surface area (Å²) in [5.74, 6) is 42.8. The predicted molar refractivity (Wildman–Crippen MR) is 167 cm³/mol. The summed E-state index contributed by atoms with van der Waals surface area (Å²) in [7, 11) is 0. The molecule has 210 valence electrons. The van der Waals surface area contributed by atoms with Gasteiger partial charge in [0.25, 0.3) is 0 Å². The second-order valence-corrected chi connectivity index (χ2v) is 8.94. The molecule has 0 aliphatic carbocycles. The minimum Gasteiger partial charge on any atom is -0.297 e. The molecule has 0 atom stereocenters. The molecule has 0 fully saturated rings. The normalized spacial score (nSPS) is 7.85. The number of hydrogen-bond donors (Lipinski definition) is 0. The van der Waals surface area contributed by atoms with Crippen molar-refractivity contribution < 1.29 is 14.6 Å². The third kappa shape index (κ3) is 33.4. The van der Waals surface area contributed by atoms with Crippen molar-refractivity contribution in [3.05, 3.63) is 0 Å². The van der Waals surface area contributed by atoms with Crippen LogP contribution >= 0.6 is 0 Å². The van der Waals surface area contributed by atoms with Crippen molar-refractivity contribution >= 4 is 5.78 Å². The van der Waals surface area contributed by atoms with Crippen molar-refractivity contribution in [2.75, 3.05) is 6.61 Å². The fourth-order valence-corrected chi connectivity index (χ4v) is 3.44. The first-order chi connectivity index (χ1) is 20.3. The van der Waals surface area contributed by atoms with Gasteiger partial charge in [0.15, 0.2) is 18.5 Å². The number of rotatable bonds is 19. The van der Waals surface area contributed by atoms with Crippen LogP contribution in [0.2, 0.25) is 0 Å². The fourth-order valence-electron chi connectivity index (χ4n) is 3.44. The molecule has 0 unspecified atom stereocenters. The lowest BCUT2D eigenvalue weighted by Gasteiger charge is -2.03. The summed E-state index contributed by atoms with van der Waals surface area (Å²) in [4.78, 5) is 21.3. The van der Waals surface area contributed by atoms with Gasteiger partial charge in [0.2, 0.25) is 0 Å². The van der Waals surface area contributed by atoms with E-state index in [1.54, 1.807) is 6.92 Å². The molecule has 0 radical (unpaired) electrons. The van der Waals surface area contributed by atoms with Crippen molar-refractivity contribution in [1.29, 1.82) is 0 Å². The Morgan fingerprint density at radius 3 is 1.20 bits per heavy atom. The largest absolute Gasteiger partial charge is 0.297 e. The maximum atomic E-state index is 11.8. The Kier molecular flexibility index (Phi) is 29.8. The Morgan fingerprint density at radius 2 is 0.805 bits per heavy atom. The zero-order valence-corrected chi connectivity index (χ0v) is 24.7. The zero-order chi connectivity index (χ0) is 29.7. The van der Waals surface area contributed by atoms with Gasteiger partial charge in [-0.2, -0.15) is 4.89 Å². The van der Waals surface area contributed by atoms with Crippen molar-refractivity contribution in [1.82, 2.24) is 0 Å². The molecular formula is C38H40O3. The second-order valence-electron chi connectivity index (χ2n) is 8.94. The third-order valence-corrected chi connectivity index (χ3v) is 5.49. The van der Waals surface area contributed by atoms with E-state index < -0.39 is 0 Å². The highest BCUT2D eigenvalue weighted by Crippen LogP contribution is 2.13. The average molecular weight is 545 g/mol. The minimum atomic E-state index is -0.115. The van der Waals surface area contributed by atoms with E-state index in [0.29, 0.717) is 6.42 Å². The molecule has 0 aliphatic rings. The molecule has 0 aromatic carbocycles. The molecule has 0 aromatic heterocycles. The lowest BCUT2D eigenvalue weighted by molar-refractivity contribution is -0.232. The number of unbranched alkanes of at least 4 members (excludes halogenated alkanes) is 14. The molecule has 3 nitrogen and oxygen atoms in total. The first-order valence-electron chi connectivity index (χ1n) is 14.5. The quantitative estimate of drug-likeness (QED) is 0.0779. The standard InChI is InChI=1S/C38H40O3/c1-3-5-7-9-11-13-15-17-19-20-22-24-26-28-30-32-34-36-40-41-37-38(39)35-33-31-29-27-25-23-21-18-16-14-12-10-8-6-4-2/h4,6,8,10,12,14,16,18,21,23,25,27,29,31,33,35,37H2,1-2H3.